The zero-order valence-corrected chi connectivity index (χ0v) is 26.3. The quantitative estimate of drug-likeness (QED) is 0.188. The SMILES string of the molecule is c1cc(-c2ccc3oc4ccc5ccccc5c4c3c2)cc(-n2c3cccc4c5ccccc5n5c6ccccc6c6ccc2c(c43)c65)c1. The van der Waals surface area contributed by atoms with Crippen molar-refractivity contribution in [1.82, 2.24) is 8.97 Å². The standard InChI is InChI=1S/C46H26N2O/c1-2-12-31-27(9-1)19-24-42-43(31)36-26-29(20-23-41(36)49-42)28-10-7-11-30(25-28)47-39-18-8-15-34-32-13-3-5-16-37(32)48-38-17-6-4-14-33(38)35-21-22-40(47)45(44(34)39)46(35)48/h1-26H. The molecule has 0 amide bonds. The molecule has 0 atom stereocenters. The van der Waals surface area contributed by atoms with E-state index in [0.717, 1.165) is 22.2 Å². The molecule has 0 aliphatic rings. The maximum Gasteiger partial charge on any atom is 0.136 e. The molecule has 0 aliphatic carbocycles. The monoisotopic (exact) mass is 622 g/mol. The maximum absolute atomic E-state index is 6.33. The molecular formula is C46H26N2O. The summed E-state index contributed by atoms with van der Waals surface area (Å²) in [6, 6.07) is 57.6. The molecule has 49 heavy (non-hydrogen) atoms. The first-order valence-corrected chi connectivity index (χ1v) is 16.9. The number of benzene rings is 8. The van der Waals surface area contributed by atoms with Crippen LogP contribution in [-0.2, 0) is 0 Å². The Labute approximate surface area is 279 Å². The lowest BCUT2D eigenvalue weighted by atomic mass is 10.00. The van der Waals surface area contributed by atoms with Crippen LogP contribution in [0.25, 0.3) is 109 Å². The van der Waals surface area contributed by atoms with Crippen LogP contribution in [0.5, 0.6) is 0 Å². The van der Waals surface area contributed by atoms with Gasteiger partial charge in [-0.15, -0.1) is 0 Å². The summed E-state index contributed by atoms with van der Waals surface area (Å²) in [6.07, 6.45) is 0. The fourth-order valence-electron chi connectivity index (χ4n) is 8.80. The van der Waals surface area contributed by atoms with Gasteiger partial charge in [-0.1, -0.05) is 103 Å². The van der Waals surface area contributed by atoms with Crippen molar-refractivity contribution >= 4 is 92.6 Å². The van der Waals surface area contributed by atoms with Crippen LogP contribution in [0.15, 0.2) is 162 Å². The van der Waals surface area contributed by atoms with Crippen molar-refractivity contribution in [1.29, 1.82) is 0 Å². The summed E-state index contributed by atoms with van der Waals surface area (Å²) in [5, 5.41) is 12.5. The normalized spacial score (nSPS) is 12.5. The van der Waals surface area contributed by atoms with Crippen molar-refractivity contribution in [3.8, 4) is 16.8 Å². The van der Waals surface area contributed by atoms with Crippen molar-refractivity contribution in [2.75, 3.05) is 0 Å². The molecule has 0 aliphatic heterocycles. The molecule has 0 unspecified atom stereocenters. The smallest absolute Gasteiger partial charge is 0.136 e. The second-order valence-corrected chi connectivity index (χ2v) is 13.3. The Balaban J connectivity index is 1.17. The van der Waals surface area contributed by atoms with Crippen LogP contribution in [-0.4, -0.2) is 8.97 Å². The van der Waals surface area contributed by atoms with Crippen molar-refractivity contribution in [2.24, 2.45) is 0 Å². The lowest BCUT2D eigenvalue weighted by molar-refractivity contribution is 0.669. The highest BCUT2D eigenvalue weighted by molar-refractivity contribution is 6.33. The first-order chi connectivity index (χ1) is 24.3. The molecule has 12 rings (SSSR count). The number of fused-ring (bicyclic) bond motifs is 11. The minimum atomic E-state index is 0.912. The van der Waals surface area contributed by atoms with Gasteiger partial charge in [0.2, 0.25) is 0 Å². The number of aromatic nitrogens is 2. The average molecular weight is 623 g/mol. The molecule has 0 N–H and O–H groups in total. The Morgan fingerprint density at radius 3 is 1.92 bits per heavy atom. The van der Waals surface area contributed by atoms with Gasteiger partial charge in [-0.3, -0.25) is 0 Å². The molecule has 8 aromatic carbocycles. The number of rotatable bonds is 2. The van der Waals surface area contributed by atoms with Gasteiger partial charge in [0, 0.05) is 43.4 Å². The zero-order valence-electron chi connectivity index (χ0n) is 26.3. The van der Waals surface area contributed by atoms with Crippen LogP contribution in [0.2, 0.25) is 0 Å². The van der Waals surface area contributed by atoms with E-state index in [4.69, 9.17) is 4.42 Å². The van der Waals surface area contributed by atoms with Crippen molar-refractivity contribution < 1.29 is 4.42 Å². The van der Waals surface area contributed by atoms with Crippen LogP contribution in [0, 0.1) is 0 Å². The zero-order chi connectivity index (χ0) is 31.8. The predicted octanol–water partition coefficient (Wildman–Crippen LogP) is 12.7. The van der Waals surface area contributed by atoms with Gasteiger partial charge in [-0.05, 0) is 81.9 Å². The minimum Gasteiger partial charge on any atom is -0.456 e. The average Bonchev–Trinajstić information content (AvgIpc) is 3.79. The molecular weight excluding hydrogens is 597 g/mol. The van der Waals surface area contributed by atoms with Gasteiger partial charge in [-0.25, -0.2) is 0 Å². The van der Waals surface area contributed by atoms with Crippen LogP contribution in [0.4, 0.5) is 0 Å². The van der Waals surface area contributed by atoms with Crippen molar-refractivity contribution in [2.45, 2.75) is 0 Å². The molecule has 0 spiro atoms. The Morgan fingerprint density at radius 1 is 0.367 bits per heavy atom. The third kappa shape index (κ3) is 3.22. The first kappa shape index (κ1) is 25.5. The van der Waals surface area contributed by atoms with Crippen LogP contribution < -0.4 is 0 Å². The van der Waals surface area contributed by atoms with Crippen LogP contribution >= 0.6 is 0 Å². The summed E-state index contributed by atoms with van der Waals surface area (Å²) in [5.74, 6) is 0. The van der Waals surface area contributed by atoms with E-state index in [9.17, 15) is 0 Å². The Kier molecular flexibility index (Phi) is 4.72. The second kappa shape index (κ2) is 9.06. The molecule has 0 fully saturated rings. The fraction of sp³-hybridized carbons (Fsp3) is 0. The van der Waals surface area contributed by atoms with Gasteiger partial charge in [0.05, 0.1) is 27.6 Å². The van der Waals surface area contributed by atoms with E-state index in [1.165, 1.54) is 87.2 Å². The first-order valence-electron chi connectivity index (χ1n) is 16.9. The van der Waals surface area contributed by atoms with Gasteiger partial charge in [0.15, 0.2) is 0 Å². The maximum atomic E-state index is 6.33. The Morgan fingerprint density at radius 2 is 1.04 bits per heavy atom. The van der Waals surface area contributed by atoms with E-state index in [-0.39, 0.29) is 0 Å². The van der Waals surface area contributed by atoms with E-state index in [2.05, 4.69) is 167 Å². The third-order valence-corrected chi connectivity index (χ3v) is 10.8. The van der Waals surface area contributed by atoms with Crippen molar-refractivity contribution in [3.63, 3.8) is 0 Å². The highest BCUT2D eigenvalue weighted by atomic mass is 16.3. The molecule has 0 radical (unpaired) electrons. The Hall–Kier alpha value is -6.58. The van der Waals surface area contributed by atoms with E-state index in [1.54, 1.807) is 0 Å². The molecule has 0 saturated carbocycles. The van der Waals surface area contributed by atoms with E-state index < -0.39 is 0 Å². The van der Waals surface area contributed by atoms with Gasteiger partial charge in [0.25, 0.3) is 0 Å². The highest BCUT2D eigenvalue weighted by Crippen LogP contribution is 2.45. The minimum absolute atomic E-state index is 0.912. The highest BCUT2D eigenvalue weighted by Gasteiger charge is 2.23. The molecule has 0 saturated heterocycles. The number of hydrogen-bond donors (Lipinski definition) is 0. The van der Waals surface area contributed by atoms with Gasteiger partial charge >= 0.3 is 0 Å². The topological polar surface area (TPSA) is 22.5 Å². The lowest BCUT2D eigenvalue weighted by Gasteiger charge is -2.11. The summed E-state index contributed by atoms with van der Waals surface area (Å²) in [6.45, 7) is 0. The number of para-hydroxylation sites is 2. The van der Waals surface area contributed by atoms with Gasteiger partial charge < -0.3 is 13.4 Å². The fourth-order valence-corrected chi connectivity index (χ4v) is 8.80. The van der Waals surface area contributed by atoms with Crippen LogP contribution in [0.3, 0.4) is 0 Å². The van der Waals surface area contributed by atoms with Gasteiger partial charge in [-0.2, -0.15) is 0 Å². The third-order valence-electron chi connectivity index (χ3n) is 10.8. The molecule has 4 aromatic heterocycles. The number of furan rings is 1. The largest absolute Gasteiger partial charge is 0.456 e. The van der Waals surface area contributed by atoms with E-state index >= 15 is 0 Å². The van der Waals surface area contributed by atoms with E-state index in [0.29, 0.717) is 0 Å². The summed E-state index contributed by atoms with van der Waals surface area (Å²) in [5.41, 5.74) is 11.5. The summed E-state index contributed by atoms with van der Waals surface area (Å²) >= 11 is 0. The second-order valence-electron chi connectivity index (χ2n) is 13.3. The number of nitrogens with zero attached hydrogens (tertiary/aromatic N) is 2. The predicted molar refractivity (Wildman–Crippen MR) is 206 cm³/mol. The summed E-state index contributed by atoms with van der Waals surface area (Å²) in [7, 11) is 0. The molecule has 226 valence electrons. The van der Waals surface area contributed by atoms with Gasteiger partial charge in [0.1, 0.15) is 11.2 Å². The lowest BCUT2D eigenvalue weighted by Crippen LogP contribution is -1.95. The molecule has 12 aromatic rings. The van der Waals surface area contributed by atoms with Crippen LogP contribution in [0.1, 0.15) is 0 Å². The molecule has 3 heteroatoms. The summed E-state index contributed by atoms with van der Waals surface area (Å²) < 4.78 is 11.3. The molecule has 3 nitrogen and oxygen atoms in total. The van der Waals surface area contributed by atoms with Crippen molar-refractivity contribution in [3.05, 3.63) is 158 Å². The molecule has 4 heterocycles. The Bertz CT molecular complexity index is 3340. The molecule has 0 bridgehead atoms. The van der Waals surface area contributed by atoms with E-state index in [1.807, 2.05) is 0 Å². The number of hydrogen-bond acceptors (Lipinski definition) is 1. The summed E-state index contributed by atoms with van der Waals surface area (Å²) in [4.78, 5) is 0.